The largest absolute Gasteiger partial charge is 0.494 e. The average Bonchev–Trinajstić information content (AvgIpc) is 3.06. The molecule has 5 heteroatoms. The smallest absolute Gasteiger partial charge is 0.367 e. The summed E-state index contributed by atoms with van der Waals surface area (Å²) < 4.78 is 5.75. The normalized spacial score (nSPS) is 14.5. The van der Waals surface area contributed by atoms with E-state index < -0.39 is 0 Å². The third-order valence-electron chi connectivity index (χ3n) is 3.60. The average molecular weight is 303 g/mol. The van der Waals surface area contributed by atoms with E-state index in [0.29, 0.717) is 0 Å². The Kier molecular flexibility index (Phi) is 6.74. The summed E-state index contributed by atoms with van der Waals surface area (Å²) in [4.78, 5) is 3.18. The van der Waals surface area contributed by atoms with Gasteiger partial charge in [-0.15, -0.1) is 5.10 Å². The van der Waals surface area contributed by atoms with E-state index in [1.807, 2.05) is 31.2 Å². The van der Waals surface area contributed by atoms with Crippen LogP contribution in [-0.2, 0) is 0 Å². The van der Waals surface area contributed by atoms with Gasteiger partial charge in [0.1, 0.15) is 5.75 Å². The van der Waals surface area contributed by atoms with Crippen molar-refractivity contribution in [1.82, 2.24) is 10.7 Å². The van der Waals surface area contributed by atoms with Gasteiger partial charge in [0.2, 0.25) is 0 Å². The van der Waals surface area contributed by atoms with Crippen molar-refractivity contribution in [2.24, 2.45) is 5.10 Å². The standard InChI is InChI=1S/C17H26N4O/c1-3-4-5-6-13-22-16-9-7-15(8-10-16)14(2)20-21-17-18-11-12-19-17/h7-10H,3-6,11-13H2,1-2H3,(H2,18,19,21)/p+1/b20-14+. The maximum atomic E-state index is 5.75. The minimum atomic E-state index is 0.795. The molecule has 0 bridgehead atoms. The molecular weight excluding hydrogens is 276 g/mol. The van der Waals surface area contributed by atoms with Crippen LogP contribution in [0.25, 0.3) is 0 Å². The van der Waals surface area contributed by atoms with Gasteiger partial charge in [-0.05, 0) is 43.2 Å². The first-order valence-electron chi connectivity index (χ1n) is 8.18. The Labute approximate surface area is 132 Å². The number of nitrogens with one attached hydrogen (secondary N) is 3. The molecule has 0 saturated heterocycles. The molecule has 0 atom stereocenters. The Morgan fingerprint density at radius 3 is 2.77 bits per heavy atom. The Hall–Kier alpha value is -2.04. The molecule has 0 unspecified atom stereocenters. The van der Waals surface area contributed by atoms with Crippen LogP contribution in [0.15, 0.2) is 29.4 Å². The fourth-order valence-corrected chi connectivity index (χ4v) is 2.23. The Morgan fingerprint density at radius 1 is 1.27 bits per heavy atom. The van der Waals surface area contributed by atoms with Gasteiger partial charge >= 0.3 is 5.96 Å². The molecule has 1 aromatic carbocycles. The monoisotopic (exact) mass is 303 g/mol. The van der Waals surface area contributed by atoms with E-state index >= 15 is 0 Å². The summed E-state index contributed by atoms with van der Waals surface area (Å²) >= 11 is 0. The van der Waals surface area contributed by atoms with E-state index in [1.54, 1.807) is 0 Å². The molecule has 1 aliphatic rings. The highest BCUT2D eigenvalue weighted by molar-refractivity contribution is 5.99. The number of guanidine groups is 1. The zero-order valence-corrected chi connectivity index (χ0v) is 13.6. The van der Waals surface area contributed by atoms with Gasteiger partial charge in [0, 0.05) is 0 Å². The van der Waals surface area contributed by atoms with Gasteiger partial charge in [-0.25, -0.2) is 0 Å². The number of nitrogens with zero attached hydrogens (tertiary/aromatic N) is 1. The molecule has 1 aliphatic heterocycles. The molecule has 0 amide bonds. The molecule has 2 rings (SSSR count). The lowest BCUT2D eigenvalue weighted by Crippen LogP contribution is -2.73. The van der Waals surface area contributed by atoms with E-state index in [9.17, 15) is 0 Å². The van der Waals surface area contributed by atoms with Gasteiger partial charge in [-0.2, -0.15) is 5.43 Å². The third-order valence-corrected chi connectivity index (χ3v) is 3.60. The molecule has 1 aromatic rings. The maximum Gasteiger partial charge on any atom is 0.367 e. The van der Waals surface area contributed by atoms with Crippen molar-refractivity contribution in [3.05, 3.63) is 29.8 Å². The minimum Gasteiger partial charge on any atom is -0.494 e. The summed E-state index contributed by atoms with van der Waals surface area (Å²) in [6.07, 6.45) is 4.91. The summed E-state index contributed by atoms with van der Waals surface area (Å²) in [6, 6.07) is 8.10. The quantitative estimate of drug-likeness (QED) is 0.381. The molecular formula is C17H27N4O+. The predicted molar refractivity (Wildman–Crippen MR) is 90.3 cm³/mol. The first-order chi connectivity index (χ1) is 10.8. The van der Waals surface area contributed by atoms with Crippen LogP contribution >= 0.6 is 0 Å². The van der Waals surface area contributed by atoms with Crippen molar-refractivity contribution in [2.45, 2.75) is 39.5 Å². The number of hydrogen-bond donors (Lipinski definition) is 3. The van der Waals surface area contributed by atoms with Crippen molar-refractivity contribution in [3.8, 4) is 5.75 Å². The van der Waals surface area contributed by atoms with E-state index in [1.165, 1.54) is 19.3 Å². The molecule has 3 N–H and O–H groups in total. The number of rotatable bonds is 8. The van der Waals surface area contributed by atoms with Crippen LogP contribution in [-0.4, -0.2) is 31.4 Å². The van der Waals surface area contributed by atoms with Gasteiger partial charge in [0.25, 0.3) is 0 Å². The van der Waals surface area contributed by atoms with Crippen LogP contribution in [0.1, 0.15) is 45.1 Å². The fourth-order valence-electron chi connectivity index (χ4n) is 2.23. The molecule has 22 heavy (non-hydrogen) atoms. The predicted octanol–water partition coefficient (Wildman–Crippen LogP) is 0.999. The summed E-state index contributed by atoms with van der Waals surface area (Å²) in [5.41, 5.74) is 5.03. The molecule has 0 aliphatic carbocycles. The SMILES string of the molecule is CCCCCCOc1ccc(/C(C)=N/NC2=[NH+]CCN2)cc1. The third kappa shape index (κ3) is 5.39. The molecule has 0 fully saturated rings. The lowest BCUT2D eigenvalue weighted by molar-refractivity contribution is -0.446. The highest BCUT2D eigenvalue weighted by Crippen LogP contribution is 2.13. The second kappa shape index (κ2) is 9.07. The maximum absolute atomic E-state index is 5.75. The summed E-state index contributed by atoms with van der Waals surface area (Å²) in [5, 5.41) is 7.54. The van der Waals surface area contributed by atoms with Gasteiger partial charge in [-0.1, -0.05) is 26.2 Å². The Balaban J connectivity index is 1.78. The highest BCUT2D eigenvalue weighted by Gasteiger charge is 2.10. The zero-order chi connectivity index (χ0) is 15.6. The lowest BCUT2D eigenvalue weighted by atomic mass is 10.1. The molecule has 0 spiro atoms. The number of hydrogen-bond acceptors (Lipinski definition) is 4. The van der Waals surface area contributed by atoms with Crippen LogP contribution in [0.5, 0.6) is 5.75 Å². The summed E-state index contributed by atoms with van der Waals surface area (Å²) in [5.74, 6) is 1.79. The van der Waals surface area contributed by atoms with Crippen molar-refractivity contribution in [3.63, 3.8) is 0 Å². The highest BCUT2D eigenvalue weighted by atomic mass is 16.5. The first kappa shape index (κ1) is 16.3. The molecule has 0 aromatic heterocycles. The van der Waals surface area contributed by atoms with Crippen LogP contribution in [0.2, 0.25) is 0 Å². The van der Waals surface area contributed by atoms with Crippen LogP contribution in [0.3, 0.4) is 0 Å². The van der Waals surface area contributed by atoms with E-state index in [0.717, 1.165) is 49.1 Å². The van der Waals surface area contributed by atoms with Crippen LogP contribution in [0, 0.1) is 0 Å². The molecule has 1 heterocycles. The molecule has 120 valence electrons. The van der Waals surface area contributed by atoms with E-state index in [4.69, 9.17) is 4.74 Å². The minimum absolute atomic E-state index is 0.795. The number of benzene rings is 1. The van der Waals surface area contributed by atoms with Gasteiger partial charge in [-0.3, -0.25) is 10.3 Å². The topological polar surface area (TPSA) is 59.6 Å². The van der Waals surface area contributed by atoms with Gasteiger partial charge in [0.15, 0.2) is 0 Å². The van der Waals surface area contributed by atoms with Gasteiger partial charge in [0.05, 0.1) is 25.4 Å². The fraction of sp³-hybridized carbons (Fsp3) is 0.529. The Morgan fingerprint density at radius 2 is 2.09 bits per heavy atom. The van der Waals surface area contributed by atoms with Crippen LogP contribution in [0.4, 0.5) is 0 Å². The van der Waals surface area contributed by atoms with Crippen molar-refractivity contribution in [1.29, 1.82) is 0 Å². The molecule has 0 saturated carbocycles. The van der Waals surface area contributed by atoms with Crippen molar-refractivity contribution >= 4 is 11.7 Å². The van der Waals surface area contributed by atoms with E-state index in [2.05, 4.69) is 27.8 Å². The van der Waals surface area contributed by atoms with Crippen molar-refractivity contribution in [2.75, 3.05) is 19.7 Å². The van der Waals surface area contributed by atoms with Gasteiger partial charge < -0.3 is 4.74 Å². The number of ether oxygens (including phenoxy) is 1. The van der Waals surface area contributed by atoms with Crippen molar-refractivity contribution < 1.29 is 9.73 Å². The zero-order valence-electron chi connectivity index (χ0n) is 13.6. The molecule has 5 nitrogen and oxygen atoms in total. The second-order valence-electron chi connectivity index (χ2n) is 5.47. The Bertz CT molecular complexity index is 508. The second-order valence-corrected chi connectivity index (χ2v) is 5.47. The number of hydrazone groups is 1. The molecule has 0 radical (unpaired) electrons. The van der Waals surface area contributed by atoms with Crippen LogP contribution < -0.4 is 20.5 Å². The van der Waals surface area contributed by atoms with E-state index in [-0.39, 0.29) is 0 Å². The lowest BCUT2D eigenvalue weighted by Gasteiger charge is -2.07. The summed E-state index contributed by atoms with van der Waals surface area (Å²) in [6.45, 7) is 6.87. The summed E-state index contributed by atoms with van der Waals surface area (Å²) in [7, 11) is 0. The first-order valence-corrected chi connectivity index (χ1v) is 8.18. The number of unbranched alkanes of at least 4 members (excludes halogenated alkanes) is 3.